The second-order valence-electron chi connectivity index (χ2n) is 4.58. The van der Waals surface area contributed by atoms with Crippen molar-refractivity contribution in [1.29, 1.82) is 5.26 Å². The number of nitriles is 1. The van der Waals surface area contributed by atoms with Crippen molar-refractivity contribution in [3.05, 3.63) is 16.4 Å². The van der Waals surface area contributed by atoms with Crippen LogP contribution in [-0.2, 0) is 0 Å². The smallest absolute Gasteiger partial charge is 0.191 e. The molecule has 0 unspecified atom stereocenters. The van der Waals surface area contributed by atoms with Gasteiger partial charge in [-0.15, -0.1) is 15.3 Å². The summed E-state index contributed by atoms with van der Waals surface area (Å²) in [6.07, 6.45) is 0. The number of rotatable bonds is 3. The second kappa shape index (κ2) is 4.82. The molecule has 0 aliphatic carbocycles. The van der Waals surface area contributed by atoms with Crippen molar-refractivity contribution in [2.24, 2.45) is 0 Å². The molecule has 94 valence electrons. The molecule has 0 aliphatic rings. The molecule has 7 heteroatoms. The predicted octanol–water partition coefficient (Wildman–Crippen LogP) is 2.24. The Kier molecular flexibility index (Phi) is 3.39. The number of aromatic nitrogens is 5. The quantitative estimate of drug-likeness (QED) is 0.847. The molecule has 0 aromatic carbocycles. The molecule has 2 aromatic heterocycles. The fourth-order valence-corrected chi connectivity index (χ4v) is 2.38. The zero-order valence-electron chi connectivity index (χ0n) is 10.7. The Balaban J connectivity index is 2.50. The third kappa shape index (κ3) is 2.11. The summed E-state index contributed by atoms with van der Waals surface area (Å²) in [6, 6.07) is 2.06. The van der Waals surface area contributed by atoms with Crippen LogP contribution in [0.15, 0.2) is 0 Å². The van der Waals surface area contributed by atoms with Gasteiger partial charge >= 0.3 is 0 Å². The van der Waals surface area contributed by atoms with Crippen molar-refractivity contribution >= 4 is 11.3 Å². The van der Waals surface area contributed by atoms with E-state index in [0.717, 1.165) is 10.7 Å². The van der Waals surface area contributed by atoms with Crippen LogP contribution >= 0.6 is 11.3 Å². The molecule has 0 atom stereocenters. The molecule has 2 rings (SSSR count). The first kappa shape index (κ1) is 12.6. The van der Waals surface area contributed by atoms with Crippen LogP contribution < -0.4 is 0 Å². The number of hydrogen-bond acceptors (Lipinski definition) is 6. The van der Waals surface area contributed by atoms with Gasteiger partial charge in [-0.05, 0) is 5.92 Å². The van der Waals surface area contributed by atoms with Crippen LogP contribution in [0.2, 0.25) is 0 Å². The van der Waals surface area contributed by atoms with Crippen molar-refractivity contribution < 1.29 is 0 Å². The van der Waals surface area contributed by atoms with Crippen molar-refractivity contribution in [1.82, 2.24) is 25.2 Å². The van der Waals surface area contributed by atoms with Gasteiger partial charge in [0.25, 0.3) is 0 Å². The summed E-state index contributed by atoms with van der Waals surface area (Å²) < 4.78 is 1.62. The van der Waals surface area contributed by atoms with Gasteiger partial charge in [-0.2, -0.15) is 9.94 Å². The van der Waals surface area contributed by atoms with E-state index < -0.39 is 0 Å². The summed E-state index contributed by atoms with van der Waals surface area (Å²) >= 11 is 1.48. The lowest BCUT2D eigenvalue weighted by Crippen LogP contribution is -2.04. The number of hydrogen-bond donors (Lipinski definition) is 0. The topological polar surface area (TPSA) is 80.3 Å². The lowest BCUT2D eigenvalue weighted by molar-refractivity contribution is 0.703. The van der Waals surface area contributed by atoms with E-state index >= 15 is 0 Å². The molecular weight excluding hydrogens is 248 g/mol. The van der Waals surface area contributed by atoms with Crippen molar-refractivity contribution in [3.63, 3.8) is 0 Å². The first-order valence-corrected chi connectivity index (χ1v) is 6.55. The molecule has 18 heavy (non-hydrogen) atoms. The van der Waals surface area contributed by atoms with Crippen molar-refractivity contribution in [3.8, 4) is 11.2 Å². The van der Waals surface area contributed by atoms with Crippen molar-refractivity contribution in [2.75, 3.05) is 0 Å². The maximum absolute atomic E-state index is 9.02. The van der Waals surface area contributed by atoms with Crippen molar-refractivity contribution in [2.45, 2.75) is 39.5 Å². The molecule has 0 amide bonds. The minimum Gasteiger partial charge on any atom is -0.191 e. The first-order valence-electron chi connectivity index (χ1n) is 5.74. The predicted molar refractivity (Wildman–Crippen MR) is 67.7 cm³/mol. The molecule has 0 aliphatic heterocycles. The molecule has 0 bridgehead atoms. The minimum absolute atomic E-state index is 0.154. The standard InChI is InChI=1S/C11H14N6S/c1-6(2)9-8(5-12)13-16-17(9)11-15-14-10(18-11)7(3)4/h6-7H,1-4H3. The van der Waals surface area contributed by atoms with E-state index in [2.05, 4.69) is 40.4 Å². The molecule has 2 aromatic rings. The van der Waals surface area contributed by atoms with Gasteiger partial charge in [0.1, 0.15) is 11.1 Å². The Labute approximate surface area is 109 Å². The Hall–Kier alpha value is -1.81. The van der Waals surface area contributed by atoms with E-state index in [1.54, 1.807) is 4.68 Å². The van der Waals surface area contributed by atoms with E-state index in [0.29, 0.717) is 16.7 Å². The summed E-state index contributed by atoms with van der Waals surface area (Å²) in [5.41, 5.74) is 1.13. The molecule has 2 heterocycles. The lowest BCUT2D eigenvalue weighted by Gasteiger charge is -2.05. The summed E-state index contributed by atoms with van der Waals surface area (Å²) in [5.74, 6) is 0.485. The Morgan fingerprint density at radius 1 is 1.11 bits per heavy atom. The van der Waals surface area contributed by atoms with Crippen LogP contribution in [0.25, 0.3) is 5.13 Å². The van der Waals surface area contributed by atoms with Gasteiger partial charge in [0.15, 0.2) is 5.69 Å². The molecule has 0 saturated carbocycles. The Bertz CT molecular complexity index is 589. The van der Waals surface area contributed by atoms with Crippen LogP contribution in [0, 0.1) is 11.3 Å². The second-order valence-corrected chi connectivity index (χ2v) is 5.57. The highest BCUT2D eigenvalue weighted by Gasteiger charge is 2.20. The van der Waals surface area contributed by atoms with E-state index in [4.69, 9.17) is 5.26 Å². The van der Waals surface area contributed by atoms with Crippen LogP contribution in [-0.4, -0.2) is 25.2 Å². The molecule has 0 spiro atoms. The average molecular weight is 262 g/mol. The monoisotopic (exact) mass is 262 g/mol. The van der Waals surface area contributed by atoms with Gasteiger partial charge in [0, 0.05) is 5.92 Å². The molecule has 0 radical (unpaired) electrons. The normalized spacial score (nSPS) is 11.2. The maximum atomic E-state index is 9.02. The highest BCUT2D eigenvalue weighted by molar-refractivity contribution is 7.13. The van der Waals surface area contributed by atoms with Crippen LogP contribution in [0.5, 0.6) is 0 Å². The minimum atomic E-state index is 0.154. The van der Waals surface area contributed by atoms with E-state index in [-0.39, 0.29) is 5.92 Å². The van der Waals surface area contributed by atoms with E-state index in [1.807, 2.05) is 13.8 Å². The molecule has 0 N–H and O–H groups in total. The third-order valence-corrected chi connectivity index (χ3v) is 3.66. The fraction of sp³-hybridized carbons (Fsp3) is 0.545. The van der Waals surface area contributed by atoms with Gasteiger partial charge in [0.05, 0.1) is 5.69 Å². The maximum Gasteiger partial charge on any atom is 0.234 e. The average Bonchev–Trinajstić information content (AvgIpc) is 2.94. The largest absolute Gasteiger partial charge is 0.234 e. The summed E-state index contributed by atoms with van der Waals surface area (Å²) in [6.45, 7) is 8.13. The highest BCUT2D eigenvalue weighted by Crippen LogP contribution is 2.25. The summed E-state index contributed by atoms with van der Waals surface area (Å²) in [7, 11) is 0. The lowest BCUT2D eigenvalue weighted by atomic mass is 10.1. The fourth-order valence-electron chi connectivity index (χ4n) is 1.57. The van der Waals surface area contributed by atoms with E-state index in [9.17, 15) is 0 Å². The zero-order chi connectivity index (χ0) is 13.3. The molecule has 0 saturated heterocycles. The van der Waals surface area contributed by atoms with Gasteiger partial charge in [-0.25, -0.2) is 0 Å². The Morgan fingerprint density at radius 3 is 2.33 bits per heavy atom. The van der Waals surface area contributed by atoms with Gasteiger partial charge in [-0.3, -0.25) is 0 Å². The van der Waals surface area contributed by atoms with Crippen LogP contribution in [0.4, 0.5) is 0 Å². The van der Waals surface area contributed by atoms with Gasteiger partial charge in [-0.1, -0.05) is 44.2 Å². The first-order chi connectivity index (χ1) is 8.54. The summed E-state index contributed by atoms with van der Waals surface area (Å²) in [4.78, 5) is 0. The summed E-state index contributed by atoms with van der Waals surface area (Å²) in [5, 5.41) is 26.8. The molecular formula is C11H14N6S. The van der Waals surface area contributed by atoms with Crippen LogP contribution in [0.3, 0.4) is 0 Å². The molecule has 6 nitrogen and oxygen atoms in total. The number of nitrogens with zero attached hydrogens (tertiary/aromatic N) is 6. The van der Waals surface area contributed by atoms with Gasteiger partial charge in [0.2, 0.25) is 5.13 Å². The highest BCUT2D eigenvalue weighted by atomic mass is 32.1. The van der Waals surface area contributed by atoms with Gasteiger partial charge < -0.3 is 0 Å². The SMILES string of the molecule is CC(C)c1nnc(-n2nnc(C#N)c2C(C)C)s1. The zero-order valence-corrected chi connectivity index (χ0v) is 11.6. The Morgan fingerprint density at radius 2 is 1.83 bits per heavy atom. The van der Waals surface area contributed by atoms with Crippen LogP contribution in [0.1, 0.15) is 55.9 Å². The molecule has 0 fully saturated rings. The third-order valence-electron chi connectivity index (χ3n) is 2.46. The van der Waals surface area contributed by atoms with E-state index in [1.165, 1.54) is 11.3 Å².